The Morgan fingerprint density at radius 1 is 1.12 bits per heavy atom. The Morgan fingerprint density at radius 3 is 2.67 bits per heavy atom. The van der Waals surface area contributed by atoms with Crippen molar-refractivity contribution in [3.63, 3.8) is 0 Å². The topological polar surface area (TPSA) is 96.1 Å². The second-order valence-corrected chi connectivity index (χ2v) is 5.31. The van der Waals surface area contributed by atoms with Crippen LogP contribution in [0.25, 0.3) is 10.9 Å². The van der Waals surface area contributed by atoms with E-state index in [1.54, 1.807) is 24.3 Å². The Balaban J connectivity index is 1.73. The number of benzene rings is 2. The molecule has 3 N–H and O–H groups in total. The molecule has 7 nitrogen and oxygen atoms in total. The number of para-hydroxylation sites is 1. The summed E-state index contributed by atoms with van der Waals surface area (Å²) in [5.41, 5.74) is 5.83. The quantitative estimate of drug-likeness (QED) is 0.635. The van der Waals surface area contributed by atoms with Crippen molar-refractivity contribution >= 4 is 34.3 Å². The first-order chi connectivity index (χ1) is 11.6. The Bertz CT molecular complexity index is 923. The van der Waals surface area contributed by atoms with Crippen molar-refractivity contribution in [1.82, 2.24) is 21.0 Å². The molecule has 0 aliphatic rings. The maximum absolute atomic E-state index is 12.2. The Kier molecular flexibility index (Phi) is 4.35. The lowest BCUT2D eigenvalue weighted by Crippen LogP contribution is -2.42. The molecule has 8 heteroatoms. The number of amides is 2. The lowest BCUT2D eigenvalue weighted by Gasteiger charge is -2.10. The van der Waals surface area contributed by atoms with Crippen LogP contribution < -0.4 is 15.6 Å². The zero-order valence-corrected chi connectivity index (χ0v) is 13.3. The first-order valence-corrected chi connectivity index (χ1v) is 7.35. The number of aromatic nitrogens is 2. The molecule has 1 heterocycles. The summed E-state index contributed by atoms with van der Waals surface area (Å²) in [5.74, 6) is -0.759. The number of methoxy groups -OCH3 is 1. The summed E-state index contributed by atoms with van der Waals surface area (Å²) in [7, 11) is 1.43. The van der Waals surface area contributed by atoms with Gasteiger partial charge in [-0.2, -0.15) is 5.10 Å². The van der Waals surface area contributed by atoms with Crippen LogP contribution in [0.1, 0.15) is 20.8 Å². The zero-order chi connectivity index (χ0) is 17.1. The van der Waals surface area contributed by atoms with Crippen molar-refractivity contribution in [2.45, 2.75) is 0 Å². The molecule has 122 valence electrons. The smallest absolute Gasteiger partial charge is 0.290 e. The number of hydrazine groups is 1. The molecule has 2 aromatic carbocycles. The number of nitrogens with zero attached hydrogens (tertiary/aromatic N) is 1. The van der Waals surface area contributed by atoms with E-state index < -0.39 is 11.8 Å². The molecule has 0 radical (unpaired) electrons. The maximum Gasteiger partial charge on any atom is 0.290 e. The van der Waals surface area contributed by atoms with Gasteiger partial charge in [-0.1, -0.05) is 29.8 Å². The molecule has 0 saturated carbocycles. The summed E-state index contributed by atoms with van der Waals surface area (Å²) in [6.45, 7) is 0. The van der Waals surface area contributed by atoms with Gasteiger partial charge in [0.25, 0.3) is 11.8 Å². The first-order valence-electron chi connectivity index (χ1n) is 6.97. The predicted molar refractivity (Wildman–Crippen MR) is 89.0 cm³/mol. The molecule has 0 atom stereocenters. The van der Waals surface area contributed by atoms with Crippen LogP contribution in [0, 0.1) is 0 Å². The average Bonchev–Trinajstić information content (AvgIpc) is 3.03. The summed E-state index contributed by atoms with van der Waals surface area (Å²) in [6.07, 6.45) is 0. The number of hydrogen-bond acceptors (Lipinski definition) is 4. The minimum atomic E-state index is -0.534. The van der Waals surface area contributed by atoms with E-state index >= 15 is 0 Å². The molecule has 0 spiro atoms. The SMILES string of the molecule is COc1cc(Cl)ccc1C(=O)NNC(=O)c1n[nH]c2ccccc12. The highest BCUT2D eigenvalue weighted by atomic mass is 35.5. The minimum absolute atomic E-state index is 0.189. The molecule has 0 aliphatic heterocycles. The third-order valence-corrected chi connectivity index (χ3v) is 3.62. The summed E-state index contributed by atoms with van der Waals surface area (Å²) < 4.78 is 5.11. The zero-order valence-electron chi connectivity index (χ0n) is 12.6. The Morgan fingerprint density at radius 2 is 1.88 bits per heavy atom. The van der Waals surface area contributed by atoms with E-state index in [-0.39, 0.29) is 11.3 Å². The molecule has 0 saturated heterocycles. The number of carbonyl (C=O) groups is 2. The Labute approximate surface area is 141 Å². The molecule has 24 heavy (non-hydrogen) atoms. The lowest BCUT2D eigenvalue weighted by molar-refractivity contribution is 0.0843. The fraction of sp³-hybridized carbons (Fsp3) is 0.0625. The second kappa shape index (κ2) is 6.59. The number of nitrogens with one attached hydrogen (secondary N) is 3. The van der Waals surface area contributed by atoms with Crippen molar-refractivity contribution < 1.29 is 14.3 Å². The van der Waals surface area contributed by atoms with Crippen molar-refractivity contribution in [3.05, 3.63) is 58.7 Å². The first kappa shape index (κ1) is 15.8. The summed E-state index contributed by atoms with van der Waals surface area (Å²) in [6, 6.07) is 11.8. The molecule has 0 unspecified atom stereocenters. The fourth-order valence-electron chi connectivity index (χ4n) is 2.23. The number of hydrogen-bond donors (Lipinski definition) is 3. The van der Waals surface area contributed by atoms with Crippen LogP contribution >= 0.6 is 11.6 Å². The van der Waals surface area contributed by atoms with Crippen LogP contribution in [0.5, 0.6) is 5.75 Å². The van der Waals surface area contributed by atoms with Gasteiger partial charge in [-0.05, 0) is 24.3 Å². The van der Waals surface area contributed by atoms with Crippen LogP contribution in [0.3, 0.4) is 0 Å². The number of aromatic amines is 1. The van der Waals surface area contributed by atoms with Gasteiger partial charge in [0, 0.05) is 10.4 Å². The number of ether oxygens (including phenoxy) is 1. The van der Waals surface area contributed by atoms with Crippen LogP contribution in [-0.2, 0) is 0 Å². The van der Waals surface area contributed by atoms with E-state index in [1.807, 2.05) is 6.07 Å². The standard InChI is InChI=1S/C16H13ClN4O3/c1-24-13-8-9(17)6-7-11(13)15(22)20-21-16(23)14-10-4-2-3-5-12(10)18-19-14/h2-8H,1H3,(H,18,19)(H,20,22)(H,21,23). The van der Waals surface area contributed by atoms with Gasteiger partial charge in [0.1, 0.15) is 5.75 Å². The third-order valence-electron chi connectivity index (χ3n) is 3.38. The molecular weight excluding hydrogens is 332 g/mol. The van der Waals surface area contributed by atoms with E-state index in [4.69, 9.17) is 16.3 Å². The van der Waals surface area contributed by atoms with Crippen LogP contribution in [0.2, 0.25) is 5.02 Å². The van der Waals surface area contributed by atoms with E-state index in [0.717, 1.165) is 5.52 Å². The van der Waals surface area contributed by atoms with Gasteiger partial charge in [0.15, 0.2) is 5.69 Å². The third kappa shape index (κ3) is 3.02. The van der Waals surface area contributed by atoms with Crippen molar-refractivity contribution in [1.29, 1.82) is 0 Å². The van der Waals surface area contributed by atoms with Gasteiger partial charge in [0.05, 0.1) is 18.2 Å². The summed E-state index contributed by atoms with van der Waals surface area (Å²) in [4.78, 5) is 24.4. The molecule has 0 aliphatic carbocycles. The molecule has 3 rings (SSSR count). The number of carbonyl (C=O) groups excluding carboxylic acids is 2. The van der Waals surface area contributed by atoms with Gasteiger partial charge >= 0.3 is 0 Å². The predicted octanol–water partition coefficient (Wildman–Crippen LogP) is 2.30. The van der Waals surface area contributed by atoms with E-state index in [1.165, 1.54) is 19.2 Å². The van der Waals surface area contributed by atoms with Gasteiger partial charge in [-0.25, -0.2) is 0 Å². The molecule has 3 aromatic rings. The highest BCUT2D eigenvalue weighted by Gasteiger charge is 2.17. The monoisotopic (exact) mass is 344 g/mol. The van der Waals surface area contributed by atoms with E-state index in [0.29, 0.717) is 16.2 Å². The minimum Gasteiger partial charge on any atom is -0.496 e. The summed E-state index contributed by atoms with van der Waals surface area (Å²) >= 11 is 5.86. The normalized spacial score (nSPS) is 10.4. The van der Waals surface area contributed by atoms with Crippen molar-refractivity contribution in [3.8, 4) is 5.75 Å². The highest BCUT2D eigenvalue weighted by molar-refractivity contribution is 6.30. The number of rotatable bonds is 3. The number of fused-ring (bicyclic) bond motifs is 1. The van der Waals surface area contributed by atoms with Crippen molar-refractivity contribution in [2.24, 2.45) is 0 Å². The largest absolute Gasteiger partial charge is 0.496 e. The van der Waals surface area contributed by atoms with E-state index in [2.05, 4.69) is 21.0 Å². The van der Waals surface area contributed by atoms with E-state index in [9.17, 15) is 9.59 Å². The fourth-order valence-corrected chi connectivity index (χ4v) is 2.39. The van der Waals surface area contributed by atoms with Crippen molar-refractivity contribution in [2.75, 3.05) is 7.11 Å². The average molecular weight is 345 g/mol. The maximum atomic E-state index is 12.2. The number of H-pyrrole nitrogens is 1. The molecule has 0 bridgehead atoms. The molecule has 0 fully saturated rings. The van der Waals surface area contributed by atoms with Gasteiger partial charge in [-0.3, -0.25) is 25.5 Å². The molecular formula is C16H13ClN4O3. The molecule has 2 amide bonds. The summed E-state index contributed by atoms with van der Waals surface area (Å²) in [5, 5.41) is 7.82. The van der Waals surface area contributed by atoms with Gasteiger partial charge in [-0.15, -0.1) is 0 Å². The second-order valence-electron chi connectivity index (χ2n) is 4.87. The lowest BCUT2D eigenvalue weighted by atomic mass is 10.2. The van der Waals surface area contributed by atoms with Crippen LogP contribution in [0.4, 0.5) is 0 Å². The highest BCUT2D eigenvalue weighted by Crippen LogP contribution is 2.22. The number of halogens is 1. The Hall–Kier alpha value is -3.06. The van der Waals surface area contributed by atoms with Gasteiger partial charge in [0.2, 0.25) is 0 Å². The van der Waals surface area contributed by atoms with Gasteiger partial charge < -0.3 is 4.74 Å². The molecule has 1 aromatic heterocycles. The van der Waals surface area contributed by atoms with Crippen LogP contribution in [0.15, 0.2) is 42.5 Å². The van der Waals surface area contributed by atoms with Crippen LogP contribution in [-0.4, -0.2) is 29.1 Å².